The summed E-state index contributed by atoms with van der Waals surface area (Å²) in [4.78, 5) is -0.0825. The number of primary sulfonamides is 1. The zero-order valence-corrected chi connectivity index (χ0v) is 14.8. The molecule has 0 heterocycles. The van der Waals surface area contributed by atoms with Crippen LogP contribution in [0.25, 0.3) is 10.8 Å². The summed E-state index contributed by atoms with van der Waals surface area (Å²) in [6, 6.07) is 15.2. The maximum absolute atomic E-state index is 12.5. The molecule has 0 aliphatic heterocycles. The Hall–Kier alpha value is -2.42. The van der Waals surface area contributed by atoms with Crippen molar-refractivity contribution in [2.45, 2.75) is 16.7 Å². The molecule has 0 saturated carbocycles. The van der Waals surface area contributed by atoms with Crippen molar-refractivity contribution in [1.29, 1.82) is 0 Å². The summed E-state index contributed by atoms with van der Waals surface area (Å²) in [5, 5.41) is 5.85. The zero-order chi connectivity index (χ0) is 18.2. The van der Waals surface area contributed by atoms with Crippen molar-refractivity contribution in [2.24, 2.45) is 5.14 Å². The number of rotatable bonds is 4. The van der Waals surface area contributed by atoms with Crippen molar-refractivity contribution in [1.82, 2.24) is 0 Å². The summed E-state index contributed by atoms with van der Waals surface area (Å²) in [5.74, 6) is 0.0311. The van der Waals surface area contributed by atoms with E-state index in [1.165, 1.54) is 24.3 Å². The van der Waals surface area contributed by atoms with Gasteiger partial charge in [0, 0.05) is 10.8 Å². The molecule has 0 aliphatic carbocycles. The highest BCUT2D eigenvalue weighted by Gasteiger charge is 2.20. The van der Waals surface area contributed by atoms with Gasteiger partial charge >= 0.3 is 10.1 Å². The molecule has 0 aliphatic rings. The molecule has 0 unspecified atom stereocenters. The average Bonchev–Trinajstić information content (AvgIpc) is 2.54. The average molecular weight is 377 g/mol. The van der Waals surface area contributed by atoms with Gasteiger partial charge in [-0.3, -0.25) is 0 Å². The van der Waals surface area contributed by atoms with Gasteiger partial charge in [-0.15, -0.1) is 0 Å². The third-order valence-electron chi connectivity index (χ3n) is 3.66. The van der Waals surface area contributed by atoms with E-state index < -0.39 is 20.1 Å². The lowest BCUT2D eigenvalue weighted by Crippen LogP contribution is -2.13. The van der Waals surface area contributed by atoms with E-state index in [-0.39, 0.29) is 15.5 Å². The van der Waals surface area contributed by atoms with Gasteiger partial charge in [-0.2, -0.15) is 8.42 Å². The lowest BCUT2D eigenvalue weighted by Gasteiger charge is -2.12. The standard InChI is InChI=1S/C17H15NO5S2/c1-12-6-8-13(9-7-12)25(21,22)23-16-10-11-17(24(18,19)20)15-5-3-2-4-14(15)16/h2-11H,1H3,(H2,18,19,20). The van der Waals surface area contributed by atoms with Gasteiger partial charge in [0.05, 0.1) is 4.90 Å². The zero-order valence-electron chi connectivity index (χ0n) is 13.2. The Morgan fingerprint density at radius 3 is 2.00 bits per heavy atom. The van der Waals surface area contributed by atoms with Crippen LogP contribution in [-0.4, -0.2) is 16.8 Å². The van der Waals surface area contributed by atoms with Crippen LogP contribution in [0.15, 0.2) is 70.5 Å². The number of aryl methyl sites for hydroxylation is 1. The largest absolute Gasteiger partial charge is 0.378 e. The molecule has 3 aromatic rings. The molecule has 3 rings (SSSR count). The fourth-order valence-electron chi connectivity index (χ4n) is 2.44. The van der Waals surface area contributed by atoms with E-state index in [0.717, 1.165) is 5.56 Å². The number of sulfonamides is 1. The van der Waals surface area contributed by atoms with E-state index in [1.807, 2.05) is 6.92 Å². The van der Waals surface area contributed by atoms with E-state index in [9.17, 15) is 16.8 Å². The van der Waals surface area contributed by atoms with Crippen LogP contribution >= 0.6 is 0 Å². The second kappa shape index (κ2) is 6.14. The predicted molar refractivity (Wildman–Crippen MR) is 94.3 cm³/mol. The Morgan fingerprint density at radius 1 is 0.800 bits per heavy atom. The monoisotopic (exact) mass is 377 g/mol. The van der Waals surface area contributed by atoms with Crippen molar-refractivity contribution in [3.05, 3.63) is 66.2 Å². The second-order valence-corrected chi connectivity index (χ2v) is 8.58. The Labute approximate surface area is 146 Å². The normalized spacial score (nSPS) is 12.2. The van der Waals surface area contributed by atoms with Gasteiger partial charge < -0.3 is 4.18 Å². The fourth-order valence-corrected chi connectivity index (χ4v) is 4.13. The van der Waals surface area contributed by atoms with Gasteiger partial charge in [0.25, 0.3) is 0 Å². The maximum Gasteiger partial charge on any atom is 0.339 e. The van der Waals surface area contributed by atoms with E-state index in [1.54, 1.807) is 36.4 Å². The maximum atomic E-state index is 12.5. The van der Waals surface area contributed by atoms with Gasteiger partial charge in [-0.1, -0.05) is 42.0 Å². The summed E-state index contributed by atoms with van der Waals surface area (Å²) < 4.78 is 53.6. The Balaban J connectivity index is 2.13. The molecular formula is C17H15NO5S2. The molecule has 0 aromatic heterocycles. The highest BCUT2D eigenvalue weighted by molar-refractivity contribution is 7.89. The van der Waals surface area contributed by atoms with Crippen LogP contribution in [0.3, 0.4) is 0 Å². The van der Waals surface area contributed by atoms with Gasteiger partial charge in [-0.25, -0.2) is 13.6 Å². The van der Waals surface area contributed by atoms with Gasteiger partial charge in [0.2, 0.25) is 10.0 Å². The van der Waals surface area contributed by atoms with Crippen LogP contribution in [0, 0.1) is 6.92 Å². The lowest BCUT2D eigenvalue weighted by molar-refractivity contribution is 0.488. The SMILES string of the molecule is Cc1ccc(S(=O)(=O)Oc2ccc(S(N)(=O)=O)c3ccccc23)cc1. The van der Waals surface area contributed by atoms with Crippen LogP contribution in [0.1, 0.15) is 5.56 Å². The first-order valence-electron chi connectivity index (χ1n) is 7.24. The Bertz CT molecular complexity index is 1150. The molecule has 8 heteroatoms. The molecule has 0 saturated heterocycles. The van der Waals surface area contributed by atoms with Gasteiger partial charge in [0.1, 0.15) is 4.90 Å². The first kappa shape index (κ1) is 17.4. The van der Waals surface area contributed by atoms with Crippen molar-refractivity contribution in [3.63, 3.8) is 0 Å². The van der Waals surface area contributed by atoms with Crippen molar-refractivity contribution in [2.75, 3.05) is 0 Å². The molecule has 0 spiro atoms. The van der Waals surface area contributed by atoms with Crippen LogP contribution in [0.2, 0.25) is 0 Å². The molecule has 25 heavy (non-hydrogen) atoms. The van der Waals surface area contributed by atoms with E-state index in [2.05, 4.69) is 0 Å². The smallest absolute Gasteiger partial charge is 0.339 e. The number of fused-ring (bicyclic) bond motifs is 1. The minimum Gasteiger partial charge on any atom is -0.378 e. The van der Waals surface area contributed by atoms with Crippen LogP contribution < -0.4 is 9.32 Å². The van der Waals surface area contributed by atoms with E-state index >= 15 is 0 Å². The van der Waals surface area contributed by atoms with Crippen molar-refractivity contribution >= 4 is 30.9 Å². The number of nitrogens with two attached hydrogens (primary N) is 1. The summed E-state index contributed by atoms with van der Waals surface area (Å²) in [6.07, 6.45) is 0. The lowest BCUT2D eigenvalue weighted by atomic mass is 10.1. The Kier molecular flexibility index (Phi) is 4.28. The molecule has 3 aromatic carbocycles. The summed E-state index contributed by atoms with van der Waals surface area (Å²) in [5.41, 5.74) is 0.918. The van der Waals surface area contributed by atoms with Gasteiger partial charge in [-0.05, 0) is 31.2 Å². The minimum absolute atomic E-state index is 0.0118. The molecule has 130 valence electrons. The molecular weight excluding hydrogens is 362 g/mol. The fraction of sp³-hybridized carbons (Fsp3) is 0.0588. The van der Waals surface area contributed by atoms with Crippen molar-refractivity contribution < 1.29 is 21.0 Å². The highest BCUT2D eigenvalue weighted by Crippen LogP contribution is 2.32. The van der Waals surface area contributed by atoms with E-state index in [4.69, 9.17) is 9.32 Å². The molecule has 2 N–H and O–H groups in total. The quantitative estimate of drug-likeness (QED) is 0.704. The highest BCUT2D eigenvalue weighted by atomic mass is 32.2. The van der Waals surface area contributed by atoms with Crippen LogP contribution in [-0.2, 0) is 20.1 Å². The van der Waals surface area contributed by atoms with E-state index in [0.29, 0.717) is 10.8 Å². The summed E-state index contributed by atoms with van der Waals surface area (Å²) in [6.45, 7) is 1.84. The molecule has 0 amide bonds. The minimum atomic E-state index is -4.05. The summed E-state index contributed by atoms with van der Waals surface area (Å²) in [7, 11) is -8.00. The van der Waals surface area contributed by atoms with Crippen LogP contribution in [0.4, 0.5) is 0 Å². The number of hydrogen-bond acceptors (Lipinski definition) is 5. The van der Waals surface area contributed by atoms with Crippen LogP contribution in [0.5, 0.6) is 5.75 Å². The molecule has 6 nitrogen and oxygen atoms in total. The summed E-state index contributed by atoms with van der Waals surface area (Å²) >= 11 is 0. The topological polar surface area (TPSA) is 104 Å². The molecule has 0 atom stereocenters. The number of hydrogen-bond donors (Lipinski definition) is 1. The van der Waals surface area contributed by atoms with Gasteiger partial charge in [0.15, 0.2) is 5.75 Å². The molecule has 0 bridgehead atoms. The first-order valence-corrected chi connectivity index (χ1v) is 10.2. The predicted octanol–water partition coefficient (Wildman–Crippen LogP) is 2.56. The molecule has 0 radical (unpaired) electrons. The third-order valence-corrected chi connectivity index (χ3v) is 5.88. The number of benzene rings is 3. The van der Waals surface area contributed by atoms with Crippen molar-refractivity contribution in [3.8, 4) is 5.75 Å². The first-order chi connectivity index (χ1) is 11.7. The Morgan fingerprint density at radius 2 is 1.40 bits per heavy atom. The third kappa shape index (κ3) is 3.51. The molecule has 0 fully saturated rings. The second-order valence-electron chi connectivity index (χ2n) is 5.50.